The van der Waals surface area contributed by atoms with Crippen molar-refractivity contribution in [3.8, 4) is 33.8 Å². The number of methoxy groups -OCH3 is 1. The highest BCUT2D eigenvalue weighted by Crippen LogP contribution is 2.52. The minimum absolute atomic E-state index is 0.0492. The molecule has 9 aromatic carbocycles. The van der Waals surface area contributed by atoms with Crippen molar-refractivity contribution in [1.82, 2.24) is 0 Å². The summed E-state index contributed by atoms with van der Waals surface area (Å²) in [5, 5.41) is 4.84. The highest BCUT2D eigenvalue weighted by molar-refractivity contribution is 7.25. The highest BCUT2D eigenvalue weighted by atomic mass is 32.1. The third-order valence-electron chi connectivity index (χ3n) is 12.6. The molecule has 64 heavy (non-hydrogen) atoms. The Hall–Kier alpha value is -7.64. The number of ether oxygens (including phenoxy) is 2. The van der Waals surface area contributed by atoms with Crippen LogP contribution in [0.15, 0.2) is 210 Å². The zero-order chi connectivity index (χ0) is 42.9. The van der Waals surface area contributed by atoms with Crippen molar-refractivity contribution in [3.63, 3.8) is 0 Å². The van der Waals surface area contributed by atoms with Crippen LogP contribution in [0.1, 0.15) is 22.3 Å². The van der Waals surface area contributed by atoms with Gasteiger partial charge in [-0.1, -0.05) is 140 Å². The maximum atomic E-state index is 13.7. The summed E-state index contributed by atoms with van der Waals surface area (Å²) in [6, 6.07) is 65.9. The van der Waals surface area contributed by atoms with E-state index in [0.29, 0.717) is 0 Å². The van der Waals surface area contributed by atoms with Gasteiger partial charge in [-0.25, -0.2) is 0 Å². The van der Waals surface area contributed by atoms with Crippen LogP contribution in [0.25, 0.3) is 78.9 Å². The number of hydrogen-bond donors (Lipinski definition) is 0. The van der Waals surface area contributed by atoms with Crippen molar-refractivity contribution in [2.75, 3.05) is 7.11 Å². The van der Waals surface area contributed by atoms with E-state index < -0.39 is 5.60 Å². The summed E-state index contributed by atoms with van der Waals surface area (Å²) in [7, 11) is 1.71. The molecule has 12 rings (SSSR count). The Morgan fingerprint density at radius 1 is 0.422 bits per heavy atom. The lowest BCUT2D eigenvalue weighted by Gasteiger charge is -2.39. The first-order valence-corrected chi connectivity index (χ1v) is 22.8. The van der Waals surface area contributed by atoms with Gasteiger partial charge in [-0.05, 0) is 94.1 Å². The summed E-state index contributed by atoms with van der Waals surface area (Å²) in [5.41, 5.74) is 7.85. The highest BCUT2D eigenvalue weighted by Gasteiger charge is 2.41. The molecule has 0 atom stereocenters. The molecule has 4 nitrogen and oxygen atoms in total. The minimum Gasteiger partial charge on any atom is -0.496 e. The largest absolute Gasteiger partial charge is 0.496 e. The van der Waals surface area contributed by atoms with Crippen LogP contribution in [0, 0.1) is 0 Å². The predicted molar refractivity (Wildman–Crippen MR) is 268 cm³/mol. The van der Waals surface area contributed by atoms with Crippen LogP contribution in [0.5, 0.6) is 11.5 Å². The second-order valence-electron chi connectivity index (χ2n) is 16.2. The Balaban J connectivity index is 1.04. The molecule has 1 aliphatic rings. The van der Waals surface area contributed by atoms with Crippen molar-refractivity contribution in [2.24, 2.45) is 0 Å². The van der Waals surface area contributed by atoms with E-state index in [1.165, 1.54) is 0 Å². The van der Waals surface area contributed by atoms with E-state index in [9.17, 15) is 9.59 Å². The Morgan fingerprint density at radius 3 is 1.41 bits per heavy atom. The minimum atomic E-state index is -1.08. The molecule has 0 fully saturated rings. The monoisotopic (exact) mass is 860 g/mol. The molecule has 0 aliphatic carbocycles. The fourth-order valence-corrected chi connectivity index (χ4v) is 11.5. The van der Waals surface area contributed by atoms with Crippen LogP contribution in [0.3, 0.4) is 0 Å². The third kappa shape index (κ3) is 6.09. The van der Waals surface area contributed by atoms with Gasteiger partial charge in [0.25, 0.3) is 0 Å². The van der Waals surface area contributed by atoms with Gasteiger partial charge < -0.3 is 9.47 Å². The van der Waals surface area contributed by atoms with E-state index in [1.54, 1.807) is 29.8 Å². The van der Waals surface area contributed by atoms with Crippen LogP contribution in [0.4, 0.5) is 0 Å². The van der Waals surface area contributed by atoms with Crippen molar-refractivity contribution in [3.05, 3.63) is 243 Å². The Labute approximate surface area is 376 Å². The number of rotatable bonds is 6. The topological polar surface area (TPSA) is 52.6 Å². The normalized spacial score (nSPS) is 13.2. The Morgan fingerprint density at radius 2 is 0.875 bits per heavy atom. The second kappa shape index (κ2) is 15.0. The fraction of sp³-hybridized carbons (Fsp3) is 0.0345. The van der Waals surface area contributed by atoms with Gasteiger partial charge >= 0.3 is 0 Å². The molecular weight excluding hydrogens is 825 g/mol. The van der Waals surface area contributed by atoms with Crippen LogP contribution in [-0.2, 0) is 5.60 Å². The van der Waals surface area contributed by atoms with Gasteiger partial charge in [0.1, 0.15) is 11.5 Å². The van der Waals surface area contributed by atoms with Gasteiger partial charge in [0, 0.05) is 67.8 Å². The summed E-state index contributed by atoms with van der Waals surface area (Å²) < 4.78 is 17.5. The summed E-state index contributed by atoms with van der Waals surface area (Å²) in [6.07, 6.45) is 2.25. The molecule has 1 aliphatic heterocycles. The first kappa shape index (κ1) is 38.1. The first-order chi connectivity index (χ1) is 31.5. The third-order valence-corrected chi connectivity index (χ3v) is 14.9. The van der Waals surface area contributed by atoms with Crippen molar-refractivity contribution in [1.29, 1.82) is 0 Å². The van der Waals surface area contributed by atoms with Crippen LogP contribution < -0.4 is 20.3 Å². The first-order valence-electron chi connectivity index (χ1n) is 21.2. The quantitative estimate of drug-likeness (QED) is 0.156. The van der Waals surface area contributed by atoms with E-state index in [-0.39, 0.29) is 10.9 Å². The molecule has 0 radical (unpaired) electrons. The van der Waals surface area contributed by atoms with E-state index >= 15 is 0 Å². The van der Waals surface area contributed by atoms with Gasteiger partial charge in [0.15, 0.2) is 16.5 Å². The maximum Gasteiger partial charge on any atom is 0.195 e. The molecule has 0 bridgehead atoms. The SMILES string of the molecule is COc1cc2c(c3ccccc13)OC(c1ccc(-c3ccc4sc5ccccc5c(=O)c4c3)cc1)(c1ccc(-c3ccc4sc5ccccc5c(=O)c4c3)cc1)C=C2c1ccccc1. The molecule has 3 heterocycles. The summed E-state index contributed by atoms with van der Waals surface area (Å²) in [6.45, 7) is 0. The maximum absolute atomic E-state index is 13.7. The van der Waals surface area contributed by atoms with Gasteiger partial charge in [-0.2, -0.15) is 0 Å². The summed E-state index contributed by atoms with van der Waals surface area (Å²) >= 11 is 3.28. The fourth-order valence-electron chi connectivity index (χ4n) is 9.36. The molecule has 11 aromatic rings. The Bertz CT molecular complexity index is 3650. The van der Waals surface area contributed by atoms with E-state index in [0.717, 1.165) is 113 Å². The zero-order valence-corrected chi connectivity index (χ0v) is 36.1. The van der Waals surface area contributed by atoms with Gasteiger partial charge in [0.2, 0.25) is 0 Å². The van der Waals surface area contributed by atoms with Crippen molar-refractivity contribution in [2.45, 2.75) is 5.60 Å². The van der Waals surface area contributed by atoms with E-state index in [2.05, 4.69) is 121 Å². The molecule has 0 unspecified atom stereocenters. The van der Waals surface area contributed by atoms with Crippen LogP contribution >= 0.6 is 22.7 Å². The molecule has 0 spiro atoms. The van der Waals surface area contributed by atoms with Gasteiger partial charge in [0.05, 0.1) is 7.11 Å². The Kier molecular flexibility index (Phi) is 8.93. The molecule has 0 saturated heterocycles. The van der Waals surface area contributed by atoms with Crippen LogP contribution in [-0.4, -0.2) is 7.11 Å². The average molecular weight is 861 g/mol. The standard InChI is InChI=1S/C58H36O4S2/c1-61-50-33-46-49(37-11-3-2-4-12-37)34-58(62-57(46)43-14-6-5-13-42(43)50,40-25-19-35(20-26-40)38-23-29-53-47(31-38)55(59)44-15-7-9-17-51(44)63-53)41-27-21-36(22-28-41)39-24-30-54-48(32-39)56(60)45-16-8-10-18-52(45)64-54/h2-34H,1H3. The number of hydrogen-bond acceptors (Lipinski definition) is 6. The predicted octanol–water partition coefficient (Wildman–Crippen LogP) is 14.4. The molecule has 304 valence electrons. The van der Waals surface area contributed by atoms with Gasteiger partial charge in [-0.15, -0.1) is 22.7 Å². The lowest BCUT2D eigenvalue weighted by Crippen LogP contribution is -2.35. The molecule has 2 aromatic heterocycles. The summed E-state index contributed by atoms with van der Waals surface area (Å²) in [5.74, 6) is 1.54. The van der Waals surface area contributed by atoms with E-state index in [1.807, 2.05) is 78.9 Å². The molecule has 0 N–H and O–H groups in total. The molecular formula is C58H36O4S2. The average Bonchev–Trinajstić information content (AvgIpc) is 3.36. The second-order valence-corrected chi connectivity index (χ2v) is 18.4. The molecule has 6 heteroatoms. The molecule has 0 amide bonds. The van der Waals surface area contributed by atoms with Crippen molar-refractivity contribution < 1.29 is 9.47 Å². The summed E-state index contributed by atoms with van der Waals surface area (Å²) in [4.78, 5) is 27.4. The number of fused-ring (bicyclic) bond motifs is 7. The lowest BCUT2D eigenvalue weighted by atomic mass is 9.78. The molecule has 0 saturated carbocycles. The van der Waals surface area contributed by atoms with Crippen LogP contribution in [0.2, 0.25) is 0 Å². The lowest BCUT2D eigenvalue weighted by molar-refractivity contribution is 0.162. The van der Waals surface area contributed by atoms with Crippen molar-refractivity contribution >= 4 is 79.4 Å². The zero-order valence-electron chi connectivity index (χ0n) is 34.5. The smallest absolute Gasteiger partial charge is 0.195 e. The van der Waals surface area contributed by atoms with E-state index in [4.69, 9.17) is 9.47 Å². The number of benzene rings is 9. The van der Waals surface area contributed by atoms with Gasteiger partial charge in [-0.3, -0.25) is 9.59 Å².